The second-order valence-corrected chi connectivity index (χ2v) is 8.26. The number of fused-ring (bicyclic) bond motifs is 1. The predicted molar refractivity (Wildman–Crippen MR) is 125 cm³/mol. The molecular formula is C25H27FN4O4. The average Bonchev–Trinajstić information content (AvgIpc) is 3.28. The normalized spacial score (nSPS) is 14.9. The van der Waals surface area contributed by atoms with Crippen LogP contribution in [-0.4, -0.2) is 61.0 Å². The SMILES string of the molecule is COCCNC(=O)C(=O)N1CC=C(c2ccc(NC(=O)N3Cc4ccc(F)cc4C3)cc2)CC1. The summed E-state index contributed by atoms with van der Waals surface area (Å²) < 4.78 is 18.3. The topological polar surface area (TPSA) is 91.0 Å². The van der Waals surface area contributed by atoms with Crippen LogP contribution in [0, 0.1) is 5.82 Å². The molecule has 2 aliphatic heterocycles. The number of rotatable bonds is 5. The van der Waals surface area contributed by atoms with Crippen LogP contribution in [0.1, 0.15) is 23.1 Å². The number of ether oxygens (including phenoxy) is 1. The Bertz CT molecular complexity index is 1120. The zero-order chi connectivity index (χ0) is 24.1. The van der Waals surface area contributed by atoms with E-state index >= 15 is 0 Å². The Morgan fingerprint density at radius 1 is 1.03 bits per heavy atom. The highest BCUT2D eigenvalue weighted by Gasteiger charge is 2.25. The Hall–Kier alpha value is -3.72. The number of halogens is 1. The number of carbonyl (C=O) groups excluding carboxylic acids is 3. The van der Waals surface area contributed by atoms with Crippen molar-refractivity contribution in [3.05, 3.63) is 71.0 Å². The summed E-state index contributed by atoms with van der Waals surface area (Å²) >= 11 is 0. The summed E-state index contributed by atoms with van der Waals surface area (Å²) in [5.41, 5.74) is 4.53. The van der Waals surface area contributed by atoms with E-state index in [4.69, 9.17) is 4.74 Å². The van der Waals surface area contributed by atoms with Crippen molar-refractivity contribution in [1.82, 2.24) is 15.1 Å². The molecule has 2 N–H and O–H groups in total. The molecule has 9 heteroatoms. The Morgan fingerprint density at radius 3 is 2.50 bits per heavy atom. The smallest absolute Gasteiger partial charge is 0.322 e. The molecule has 2 aromatic carbocycles. The molecule has 0 spiro atoms. The van der Waals surface area contributed by atoms with Crippen LogP contribution >= 0.6 is 0 Å². The van der Waals surface area contributed by atoms with Crippen molar-refractivity contribution in [1.29, 1.82) is 0 Å². The lowest BCUT2D eigenvalue weighted by Crippen LogP contribution is -2.45. The summed E-state index contributed by atoms with van der Waals surface area (Å²) in [7, 11) is 1.53. The highest BCUT2D eigenvalue weighted by Crippen LogP contribution is 2.26. The summed E-state index contributed by atoms with van der Waals surface area (Å²) in [6.07, 6.45) is 2.57. The van der Waals surface area contributed by atoms with Gasteiger partial charge < -0.3 is 25.2 Å². The minimum Gasteiger partial charge on any atom is -0.383 e. The molecule has 34 heavy (non-hydrogen) atoms. The van der Waals surface area contributed by atoms with Gasteiger partial charge in [-0.2, -0.15) is 0 Å². The van der Waals surface area contributed by atoms with E-state index in [1.54, 1.807) is 11.0 Å². The number of amides is 4. The van der Waals surface area contributed by atoms with Gasteiger partial charge in [-0.1, -0.05) is 24.3 Å². The Labute approximate surface area is 197 Å². The van der Waals surface area contributed by atoms with Crippen molar-refractivity contribution in [3.8, 4) is 0 Å². The standard InChI is InChI=1S/C25H27FN4O4/c1-34-13-10-27-23(31)24(32)29-11-8-18(9-12-29)17-3-6-22(7-4-17)28-25(33)30-15-19-2-5-21(26)14-20(19)16-30/h2-8,14H,9-13,15-16H2,1H3,(H,27,31)(H,28,33). The first kappa shape index (κ1) is 23.4. The number of benzene rings is 2. The fourth-order valence-corrected chi connectivity index (χ4v) is 4.08. The molecule has 2 aromatic rings. The number of nitrogens with zero attached hydrogens (tertiary/aromatic N) is 2. The van der Waals surface area contributed by atoms with E-state index in [0.717, 1.165) is 22.3 Å². The quantitative estimate of drug-likeness (QED) is 0.524. The van der Waals surface area contributed by atoms with Gasteiger partial charge in [-0.05, 0) is 52.9 Å². The number of anilines is 1. The fraction of sp³-hybridized carbons (Fsp3) is 0.320. The van der Waals surface area contributed by atoms with E-state index in [2.05, 4.69) is 10.6 Å². The predicted octanol–water partition coefficient (Wildman–Crippen LogP) is 2.75. The lowest BCUT2D eigenvalue weighted by Gasteiger charge is -2.26. The molecule has 0 aromatic heterocycles. The van der Waals surface area contributed by atoms with Crippen LogP contribution in [0.4, 0.5) is 14.9 Å². The molecule has 2 aliphatic rings. The maximum atomic E-state index is 13.4. The van der Waals surface area contributed by atoms with Gasteiger partial charge in [0.05, 0.1) is 6.61 Å². The lowest BCUT2D eigenvalue weighted by molar-refractivity contribution is -0.145. The van der Waals surface area contributed by atoms with Crippen LogP contribution in [0.3, 0.4) is 0 Å². The summed E-state index contributed by atoms with van der Waals surface area (Å²) in [6.45, 7) is 2.29. The van der Waals surface area contributed by atoms with E-state index in [1.165, 1.54) is 24.1 Å². The molecule has 0 saturated heterocycles. The van der Waals surface area contributed by atoms with E-state index in [9.17, 15) is 18.8 Å². The van der Waals surface area contributed by atoms with Gasteiger partial charge in [-0.25, -0.2) is 9.18 Å². The Morgan fingerprint density at radius 2 is 1.79 bits per heavy atom. The number of carbonyl (C=O) groups is 3. The second-order valence-electron chi connectivity index (χ2n) is 8.26. The van der Waals surface area contributed by atoms with E-state index < -0.39 is 11.8 Å². The number of methoxy groups -OCH3 is 1. The molecule has 0 fully saturated rings. The van der Waals surface area contributed by atoms with Gasteiger partial charge in [0.25, 0.3) is 0 Å². The highest BCUT2D eigenvalue weighted by molar-refractivity contribution is 6.35. The molecule has 0 unspecified atom stereocenters. The zero-order valence-corrected chi connectivity index (χ0v) is 19.0. The molecule has 2 heterocycles. The first-order chi connectivity index (χ1) is 16.4. The van der Waals surface area contributed by atoms with Gasteiger partial charge in [0.2, 0.25) is 0 Å². The summed E-state index contributed by atoms with van der Waals surface area (Å²) in [5, 5.41) is 5.43. The third-order valence-corrected chi connectivity index (χ3v) is 5.97. The molecule has 4 amide bonds. The van der Waals surface area contributed by atoms with Crippen LogP contribution < -0.4 is 10.6 Å². The Balaban J connectivity index is 1.30. The Kier molecular flexibility index (Phi) is 7.22. The summed E-state index contributed by atoms with van der Waals surface area (Å²) in [4.78, 5) is 40.0. The summed E-state index contributed by atoms with van der Waals surface area (Å²) in [6, 6.07) is 11.9. The molecule has 0 atom stereocenters. The van der Waals surface area contributed by atoms with Crippen molar-refractivity contribution in [2.45, 2.75) is 19.5 Å². The minimum atomic E-state index is -0.625. The van der Waals surface area contributed by atoms with Gasteiger partial charge in [-0.15, -0.1) is 0 Å². The molecule has 0 radical (unpaired) electrons. The van der Waals surface area contributed by atoms with Gasteiger partial charge in [0.15, 0.2) is 0 Å². The van der Waals surface area contributed by atoms with Gasteiger partial charge in [0.1, 0.15) is 5.82 Å². The van der Waals surface area contributed by atoms with E-state index in [-0.39, 0.29) is 11.8 Å². The molecular weight excluding hydrogens is 439 g/mol. The monoisotopic (exact) mass is 466 g/mol. The number of nitrogens with one attached hydrogen (secondary N) is 2. The maximum absolute atomic E-state index is 13.4. The van der Waals surface area contributed by atoms with Gasteiger partial charge in [0, 0.05) is 45.5 Å². The minimum absolute atomic E-state index is 0.237. The van der Waals surface area contributed by atoms with Crippen LogP contribution in [-0.2, 0) is 27.4 Å². The van der Waals surface area contributed by atoms with Crippen molar-refractivity contribution in [2.24, 2.45) is 0 Å². The van der Waals surface area contributed by atoms with Crippen molar-refractivity contribution in [3.63, 3.8) is 0 Å². The fourth-order valence-electron chi connectivity index (χ4n) is 4.08. The number of urea groups is 1. The van der Waals surface area contributed by atoms with E-state index in [0.29, 0.717) is 51.4 Å². The average molecular weight is 467 g/mol. The molecule has 178 valence electrons. The first-order valence-corrected chi connectivity index (χ1v) is 11.1. The van der Waals surface area contributed by atoms with Gasteiger partial charge in [-0.3, -0.25) is 9.59 Å². The van der Waals surface area contributed by atoms with Crippen molar-refractivity contribution in [2.75, 3.05) is 38.7 Å². The first-order valence-electron chi connectivity index (χ1n) is 11.1. The van der Waals surface area contributed by atoms with Crippen LogP contribution in [0.15, 0.2) is 48.5 Å². The molecule has 0 saturated carbocycles. The molecule has 0 aliphatic carbocycles. The third-order valence-electron chi connectivity index (χ3n) is 5.97. The van der Waals surface area contributed by atoms with Crippen molar-refractivity contribution >= 4 is 29.1 Å². The van der Waals surface area contributed by atoms with Crippen LogP contribution in [0.5, 0.6) is 0 Å². The number of hydrogen-bond donors (Lipinski definition) is 2. The maximum Gasteiger partial charge on any atom is 0.322 e. The van der Waals surface area contributed by atoms with Gasteiger partial charge >= 0.3 is 17.8 Å². The zero-order valence-electron chi connectivity index (χ0n) is 19.0. The van der Waals surface area contributed by atoms with Crippen molar-refractivity contribution < 1.29 is 23.5 Å². The van der Waals surface area contributed by atoms with Crippen LogP contribution in [0.25, 0.3) is 5.57 Å². The second kappa shape index (κ2) is 10.5. The highest BCUT2D eigenvalue weighted by atomic mass is 19.1. The lowest BCUT2D eigenvalue weighted by atomic mass is 9.99. The molecule has 0 bridgehead atoms. The number of hydrogen-bond acceptors (Lipinski definition) is 4. The summed E-state index contributed by atoms with van der Waals surface area (Å²) in [5.74, 6) is -1.47. The molecule has 4 rings (SSSR count). The van der Waals surface area contributed by atoms with Crippen LogP contribution in [0.2, 0.25) is 0 Å². The largest absolute Gasteiger partial charge is 0.383 e. The third kappa shape index (κ3) is 5.43. The van der Waals surface area contributed by atoms with E-state index in [1.807, 2.05) is 30.3 Å². The molecule has 8 nitrogen and oxygen atoms in total.